The van der Waals surface area contributed by atoms with Crippen LogP contribution in [0.2, 0.25) is 0 Å². The van der Waals surface area contributed by atoms with Crippen LogP contribution in [-0.4, -0.2) is 61.7 Å². The van der Waals surface area contributed by atoms with Crippen LogP contribution in [-0.2, 0) is 15.7 Å². The highest BCUT2D eigenvalue weighted by Gasteiger charge is 2.33. The molecule has 27 heavy (non-hydrogen) atoms. The van der Waals surface area contributed by atoms with Crippen LogP contribution in [0.15, 0.2) is 18.2 Å². The van der Waals surface area contributed by atoms with E-state index in [1.54, 1.807) is 0 Å². The van der Waals surface area contributed by atoms with Gasteiger partial charge in [-0.25, -0.2) is 0 Å². The van der Waals surface area contributed by atoms with Gasteiger partial charge < -0.3 is 15.4 Å². The lowest BCUT2D eigenvalue weighted by Crippen LogP contribution is -2.41. The first-order chi connectivity index (χ1) is 12.8. The fourth-order valence-electron chi connectivity index (χ4n) is 2.59. The van der Waals surface area contributed by atoms with Crippen molar-refractivity contribution in [3.8, 4) is 0 Å². The van der Waals surface area contributed by atoms with Gasteiger partial charge in [-0.2, -0.15) is 13.2 Å². The van der Waals surface area contributed by atoms with Crippen molar-refractivity contribution in [1.82, 2.24) is 10.2 Å². The molecule has 150 valence electrons. The van der Waals surface area contributed by atoms with Gasteiger partial charge in [-0.05, 0) is 12.1 Å². The lowest BCUT2D eigenvalue weighted by molar-refractivity contribution is -0.384. The Hall–Kier alpha value is -2.40. The fourth-order valence-corrected chi connectivity index (χ4v) is 2.59. The molecule has 0 bridgehead atoms. The number of hydrogen-bond acceptors (Lipinski definition) is 6. The van der Waals surface area contributed by atoms with Gasteiger partial charge in [0.25, 0.3) is 5.69 Å². The zero-order chi connectivity index (χ0) is 19.9. The standard InChI is InChI=1S/C16H21F3N4O4/c17-16(18,19)12-1-2-13(14(11-12)23(25)26)20-4-3-15(24)21-5-6-22-7-9-27-10-8-22/h1-2,11,20H,3-10H2,(H,21,24). The van der Waals surface area contributed by atoms with E-state index in [1.165, 1.54) is 0 Å². The molecule has 8 nitrogen and oxygen atoms in total. The normalized spacial score (nSPS) is 15.4. The molecule has 0 aliphatic carbocycles. The van der Waals surface area contributed by atoms with Gasteiger partial charge in [0.2, 0.25) is 5.91 Å². The van der Waals surface area contributed by atoms with Gasteiger partial charge in [-0.3, -0.25) is 19.8 Å². The van der Waals surface area contributed by atoms with Crippen LogP contribution in [0.4, 0.5) is 24.5 Å². The number of amides is 1. The number of ether oxygens (including phenoxy) is 1. The van der Waals surface area contributed by atoms with Crippen LogP contribution in [0.1, 0.15) is 12.0 Å². The van der Waals surface area contributed by atoms with Crippen LogP contribution in [0.5, 0.6) is 0 Å². The summed E-state index contributed by atoms with van der Waals surface area (Å²) >= 11 is 0. The summed E-state index contributed by atoms with van der Waals surface area (Å²) in [6.07, 6.45) is -4.62. The van der Waals surface area contributed by atoms with Crippen molar-refractivity contribution < 1.29 is 27.6 Å². The Morgan fingerprint density at radius 2 is 1.96 bits per heavy atom. The fraction of sp³-hybridized carbons (Fsp3) is 0.562. The molecule has 0 atom stereocenters. The first kappa shape index (κ1) is 20.9. The summed E-state index contributed by atoms with van der Waals surface area (Å²) < 4.78 is 43.2. The van der Waals surface area contributed by atoms with Gasteiger partial charge in [0, 0.05) is 45.2 Å². The van der Waals surface area contributed by atoms with E-state index in [0.717, 1.165) is 25.2 Å². The second kappa shape index (κ2) is 9.51. The molecule has 1 amide bonds. The Labute approximate surface area is 153 Å². The topological polar surface area (TPSA) is 96.7 Å². The molecule has 0 radical (unpaired) electrons. The molecule has 11 heteroatoms. The van der Waals surface area contributed by atoms with Gasteiger partial charge in [0.15, 0.2) is 0 Å². The number of rotatable bonds is 8. The SMILES string of the molecule is O=C(CCNc1ccc(C(F)(F)F)cc1[N+](=O)[O-])NCCN1CCOCC1. The minimum absolute atomic E-state index is 0.0429. The Kier molecular flexibility index (Phi) is 7.36. The zero-order valence-corrected chi connectivity index (χ0v) is 14.6. The van der Waals surface area contributed by atoms with E-state index in [0.29, 0.717) is 32.4 Å². The zero-order valence-electron chi connectivity index (χ0n) is 14.6. The number of halogens is 3. The van der Waals surface area contributed by atoms with Gasteiger partial charge in [-0.15, -0.1) is 0 Å². The summed E-state index contributed by atoms with van der Waals surface area (Å²) in [5, 5.41) is 16.4. The van der Waals surface area contributed by atoms with E-state index in [1.807, 2.05) is 0 Å². The molecule has 1 saturated heterocycles. The maximum absolute atomic E-state index is 12.7. The molecule has 1 aromatic rings. The van der Waals surface area contributed by atoms with E-state index in [4.69, 9.17) is 4.74 Å². The number of anilines is 1. The smallest absolute Gasteiger partial charge is 0.379 e. The minimum Gasteiger partial charge on any atom is -0.379 e. The Morgan fingerprint density at radius 3 is 2.59 bits per heavy atom. The maximum atomic E-state index is 12.7. The van der Waals surface area contributed by atoms with E-state index < -0.39 is 22.4 Å². The second-order valence-corrected chi connectivity index (χ2v) is 5.97. The van der Waals surface area contributed by atoms with Crippen LogP contribution in [0.3, 0.4) is 0 Å². The van der Waals surface area contributed by atoms with E-state index in [2.05, 4.69) is 15.5 Å². The highest BCUT2D eigenvalue weighted by Crippen LogP contribution is 2.34. The number of nitrogens with zero attached hydrogens (tertiary/aromatic N) is 2. The van der Waals surface area contributed by atoms with Gasteiger partial charge in [0.1, 0.15) is 5.69 Å². The molecule has 1 heterocycles. The number of morpholine rings is 1. The molecule has 0 saturated carbocycles. The molecule has 0 aromatic heterocycles. The molecule has 2 rings (SSSR count). The number of benzene rings is 1. The third kappa shape index (κ3) is 6.68. The highest BCUT2D eigenvalue weighted by molar-refractivity contribution is 5.76. The Morgan fingerprint density at radius 1 is 1.26 bits per heavy atom. The average molecular weight is 390 g/mol. The van der Waals surface area contributed by atoms with Crippen molar-refractivity contribution in [2.24, 2.45) is 0 Å². The molecular weight excluding hydrogens is 369 g/mol. The number of nitro benzene ring substituents is 1. The summed E-state index contributed by atoms with van der Waals surface area (Å²) in [6, 6.07) is 2.24. The van der Waals surface area contributed by atoms with E-state index >= 15 is 0 Å². The third-order valence-corrected chi connectivity index (χ3v) is 4.04. The van der Waals surface area contributed by atoms with Crippen molar-refractivity contribution in [2.45, 2.75) is 12.6 Å². The van der Waals surface area contributed by atoms with Crippen molar-refractivity contribution in [3.05, 3.63) is 33.9 Å². The van der Waals surface area contributed by atoms with Crippen molar-refractivity contribution >= 4 is 17.3 Å². The van der Waals surface area contributed by atoms with Gasteiger partial charge in [0.05, 0.1) is 23.7 Å². The number of nitrogens with one attached hydrogen (secondary N) is 2. The summed E-state index contributed by atoms with van der Waals surface area (Å²) in [5.74, 6) is -0.245. The largest absolute Gasteiger partial charge is 0.416 e. The summed E-state index contributed by atoms with van der Waals surface area (Å²) in [4.78, 5) is 24.1. The predicted molar refractivity (Wildman–Crippen MR) is 91.5 cm³/mol. The van der Waals surface area contributed by atoms with Crippen molar-refractivity contribution in [1.29, 1.82) is 0 Å². The Bertz CT molecular complexity index is 664. The summed E-state index contributed by atoms with van der Waals surface area (Å²) in [6.45, 7) is 4.21. The monoisotopic (exact) mass is 390 g/mol. The summed E-state index contributed by atoms with van der Waals surface area (Å²) in [5.41, 5.74) is -1.84. The number of carbonyl (C=O) groups excluding carboxylic acids is 1. The molecular formula is C16H21F3N4O4. The first-order valence-electron chi connectivity index (χ1n) is 8.43. The molecule has 1 fully saturated rings. The molecule has 0 unspecified atom stereocenters. The molecule has 0 spiro atoms. The molecule has 1 aromatic carbocycles. The van der Waals surface area contributed by atoms with Crippen molar-refractivity contribution in [2.75, 3.05) is 51.3 Å². The lowest BCUT2D eigenvalue weighted by atomic mass is 10.1. The van der Waals surface area contributed by atoms with Crippen LogP contribution in [0.25, 0.3) is 0 Å². The van der Waals surface area contributed by atoms with Crippen LogP contribution < -0.4 is 10.6 Å². The molecule has 1 aliphatic heterocycles. The third-order valence-electron chi connectivity index (χ3n) is 4.04. The van der Waals surface area contributed by atoms with E-state index in [-0.39, 0.29) is 24.6 Å². The lowest BCUT2D eigenvalue weighted by Gasteiger charge is -2.26. The number of carbonyl (C=O) groups is 1. The van der Waals surface area contributed by atoms with Gasteiger partial charge >= 0.3 is 6.18 Å². The van der Waals surface area contributed by atoms with E-state index in [9.17, 15) is 28.1 Å². The predicted octanol–water partition coefficient (Wildman–Crippen LogP) is 1.86. The number of hydrogen-bond donors (Lipinski definition) is 2. The average Bonchev–Trinajstić information content (AvgIpc) is 2.61. The van der Waals surface area contributed by atoms with Gasteiger partial charge in [-0.1, -0.05) is 0 Å². The summed E-state index contributed by atoms with van der Waals surface area (Å²) in [7, 11) is 0. The second-order valence-electron chi connectivity index (χ2n) is 5.97. The van der Waals surface area contributed by atoms with Crippen LogP contribution in [0, 0.1) is 10.1 Å². The Balaban J connectivity index is 1.78. The van der Waals surface area contributed by atoms with Crippen molar-refractivity contribution in [3.63, 3.8) is 0 Å². The number of alkyl halides is 3. The molecule has 2 N–H and O–H groups in total. The maximum Gasteiger partial charge on any atom is 0.416 e. The quantitative estimate of drug-likeness (QED) is 0.520. The first-order valence-corrected chi connectivity index (χ1v) is 8.43. The van der Waals surface area contributed by atoms with Crippen LogP contribution >= 0.6 is 0 Å². The molecule has 1 aliphatic rings. The minimum atomic E-state index is -4.66. The number of nitro groups is 1. The highest BCUT2D eigenvalue weighted by atomic mass is 19.4.